The number of hydrogen-bond donors (Lipinski definition) is 1. The maximum absolute atomic E-state index is 4.18. The third-order valence-corrected chi connectivity index (χ3v) is 4.24. The molecule has 3 atom stereocenters. The Balaban J connectivity index is 2.00. The van der Waals surface area contributed by atoms with Gasteiger partial charge in [0.15, 0.2) is 0 Å². The van der Waals surface area contributed by atoms with E-state index in [9.17, 15) is 0 Å². The minimum atomic E-state index is 0.612. The molecule has 1 fully saturated rings. The fraction of sp³-hybridized carbons (Fsp3) is 0.615. The lowest BCUT2D eigenvalue weighted by Gasteiger charge is -2.21. The number of pyridine rings is 1. The first-order valence-corrected chi connectivity index (χ1v) is 6.87. The van der Waals surface area contributed by atoms with E-state index in [4.69, 9.17) is 0 Å². The number of hydrogen-bond acceptors (Lipinski definition) is 2. The van der Waals surface area contributed by atoms with Crippen molar-refractivity contribution in [2.24, 2.45) is 11.8 Å². The number of rotatable bonds is 3. The molecule has 1 aliphatic rings. The summed E-state index contributed by atoms with van der Waals surface area (Å²) in [6.07, 6.45) is 7.66. The van der Waals surface area contributed by atoms with Crippen LogP contribution in [0.25, 0.3) is 0 Å². The zero-order valence-electron chi connectivity index (χ0n) is 9.91. The second kappa shape index (κ2) is 5.17. The number of nitrogens with one attached hydrogen (secondary N) is 1. The van der Waals surface area contributed by atoms with E-state index in [0.717, 1.165) is 22.0 Å². The quantitative estimate of drug-likeness (QED) is 0.904. The molecule has 3 unspecified atom stereocenters. The van der Waals surface area contributed by atoms with Crippen molar-refractivity contribution in [1.29, 1.82) is 0 Å². The first-order chi connectivity index (χ1) is 7.70. The molecule has 1 N–H and O–H groups in total. The largest absolute Gasteiger partial charge is 0.381 e. The predicted octanol–water partition coefficient (Wildman–Crippen LogP) is 4.08. The van der Waals surface area contributed by atoms with Crippen LogP contribution in [0.5, 0.6) is 0 Å². The minimum Gasteiger partial charge on any atom is -0.381 e. The molecule has 16 heavy (non-hydrogen) atoms. The molecule has 88 valence electrons. The van der Waals surface area contributed by atoms with Gasteiger partial charge in [0.2, 0.25) is 0 Å². The molecule has 3 heteroatoms. The number of anilines is 1. The zero-order chi connectivity index (χ0) is 11.5. The van der Waals surface area contributed by atoms with E-state index >= 15 is 0 Å². The maximum Gasteiger partial charge on any atom is 0.0540 e. The second-order valence-corrected chi connectivity index (χ2v) is 5.66. The monoisotopic (exact) mass is 282 g/mol. The lowest BCUT2D eigenvalue weighted by atomic mass is 9.93. The molecular weight excluding hydrogens is 264 g/mol. The molecule has 0 aliphatic heterocycles. The van der Waals surface area contributed by atoms with Gasteiger partial charge in [0, 0.05) is 16.7 Å². The Labute approximate surface area is 106 Å². The van der Waals surface area contributed by atoms with Crippen LogP contribution in [0.3, 0.4) is 0 Å². The Hall–Kier alpha value is -0.570. The highest BCUT2D eigenvalue weighted by atomic mass is 79.9. The normalized spacial score (nSPS) is 29.3. The van der Waals surface area contributed by atoms with Crippen LogP contribution in [0.2, 0.25) is 0 Å². The van der Waals surface area contributed by atoms with Crippen LogP contribution in [0.1, 0.15) is 33.1 Å². The van der Waals surface area contributed by atoms with Gasteiger partial charge >= 0.3 is 0 Å². The maximum atomic E-state index is 4.18. The molecule has 0 saturated heterocycles. The molecule has 0 radical (unpaired) electrons. The van der Waals surface area contributed by atoms with E-state index in [-0.39, 0.29) is 0 Å². The molecule has 1 aromatic rings. The summed E-state index contributed by atoms with van der Waals surface area (Å²) >= 11 is 3.45. The average molecular weight is 283 g/mol. The molecule has 1 saturated carbocycles. The molecule has 2 rings (SSSR count). The summed E-state index contributed by atoms with van der Waals surface area (Å²) < 4.78 is 1.04. The molecular formula is C13H19BrN2. The van der Waals surface area contributed by atoms with E-state index in [1.54, 1.807) is 0 Å². The Kier molecular flexibility index (Phi) is 3.85. The molecule has 2 nitrogen and oxygen atoms in total. The summed E-state index contributed by atoms with van der Waals surface area (Å²) in [5.41, 5.74) is 1.13. The highest BCUT2D eigenvalue weighted by molar-refractivity contribution is 9.10. The van der Waals surface area contributed by atoms with Crippen molar-refractivity contribution in [2.75, 3.05) is 5.32 Å². The summed E-state index contributed by atoms with van der Waals surface area (Å²) in [5, 5.41) is 3.60. The van der Waals surface area contributed by atoms with Crippen molar-refractivity contribution in [3.05, 3.63) is 22.9 Å². The van der Waals surface area contributed by atoms with Gasteiger partial charge in [-0.25, -0.2) is 0 Å². The van der Waals surface area contributed by atoms with Gasteiger partial charge in [-0.15, -0.1) is 0 Å². The van der Waals surface area contributed by atoms with Crippen LogP contribution in [-0.4, -0.2) is 11.0 Å². The number of aromatic nitrogens is 1. The van der Waals surface area contributed by atoms with Gasteiger partial charge in [-0.1, -0.05) is 20.3 Å². The van der Waals surface area contributed by atoms with Crippen molar-refractivity contribution in [3.63, 3.8) is 0 Å². The van der Waals surface area contributed by atoms with E-state index in [2.05, 4.69) is 46.1 Å². The van der Waals surface area contributed by atoms with Crippen molar-refractivity contribution in [1.82, 2.24) is 4.98 Å². The van der Waals surface area contributed by atoms with E-state index < -0.39 is 0 Å². The molecule has 0 spiro atoms. The highest BCUT2D eigenvalue weighted by Crippen LogP contribution is 2.35. The van der Waals surface area contributed by atoms with Gasteiger partial charge < -0.3 is 5.32 Å². The Morgan fingerprint density at radius 3 is 2.88 bits per heavy atom. The molecule has 1 aliphatic carbocycles. The summed E-state index contributed by atoms with van der Waals surface area (Å²) in [5.74, 6) is 1.65. The zero-order valence-corrected chi connectivity index (χ0v) is 11.5. The van der Waals surface area contributed by atoms with Crippen LogP contribution in [0.4, 0.5) is 5.69 Å². The molecule has 1 heterocycles. The van der Waals surface area contributed by atoms with E-state index in [1.165, 1.54) is 19.3 Å². The third kappa shape index (κ3) is 2.57. The minimum absolute atomic E-state index is 0.612. The molecule has 0 amide bonds. The highest BCUT2D eigenvalue weighted by Gasteiger charge is 2.31. The summed E-state index contributed by atoms with van der Waals surface area (Å²) in [6.45, 7) is 4.66. The lowest BCUT2D eigenvalue weighted by molar-refractivity contribution is 0.392. The predicted molar refractivity (Wildman–Crippen MR) is 71.5 cm³/mol. The van der Waals surface area contributed by atoms with Gasteiger partial charge in [0.25, 0.3) is 0 Å². The molecule has 0 bridgehead atoms. The van der Waals surface area contributed by atoms with Crippen molar-refractivity contribution < 1.29 is 0 Å². The SMILES string of the molecule is CCC1CCC(Nc2cncc(Br)c2)C1C. The Morgan fingerprint density at radius 1 is 1.44 bits per heavy atom. The van der Waals surface area contributed by atoms with Crippen LogP contribution < -0.4 is 5.32 Å². The van der Waals surface area contributed by atoms with E-state index in [0.29, 0.717) is 6.04 Å². The summed E-state index contributed by atoms with van der Waals surface area (Å²) in [6, 6.07) is 2.71. The first kappa shape index (κ1) is 11.9. The van der Waals surface area contributed by atoms with Gasteiger partial charge in [0.05, 0.1) is 11.9 Å². The average Bonchev–Trinajstić information content (AvgIpc) is 2.60. The fourth-order valence-corrected chi connectivity index (χ4v) is 3.10. The van der Waals surface area contributed by atoms with Gasteiger partial charge in [-0.2, -0.15) is 0 Å². The third-order valence-electron chi connectivity index (χ3n) is 3.81. The Bertz CT molecular complexity index is 354. The van der Waals surface area contributed by atoms with Crippen LogP contribution in [-0.2, 0) is 0 Å². The van der Waals surface area contributed by atoms with Crippen LogP contribution in [0, 0.1) is 11.8 Å². The topological polar surface area (TPSA) is 24.9 Å². The number of halogens is 1. The van der Waals surface area contributed by atoms with Gasteiger partial charge in [-0.05, 0) is 46.7 Å². The smallest absolute Gasteiger partial charge is 0.0540 e. The summed E-state index contributed by atoms with van der Waals surface area (Å²) in [4.78, 5) is 4.18. The lowest BCUT2D eigenvalue weighted by Crippen LogP contribution is -2.24. The van der Waals surface area contributed by atoms with Crippen molar-refractivity contribution in [2.45, 2.75) is 39.2 Å². The number of nitrogens with zero attached hydrogens (tertiary/aromatic N) is 1. The molecule has 0 aromatic carbocycles. The van der Waals surface area contributed by atoms with Gasteiger partial charge in [0.1, 0.15) is 0 Å². The van der Waals surface area contributed by atoms with Gasteiger partial charge in [-0.3, -0.25) is 4.98 Å². The molecule has 1 aromatic heterocycles. The van der Waals surface area contributed by atoms with E-state index in [1.807, 2.05) is 12.4 Å². The summed E-state index contributed by atoms with van der Waals surface area (Å²) in [7, 11) is 0. The first-order valence-electron chi connectivity index (χ1n) is 6.07. The van der Waals surface area contributed by atoms with Crippen LogP contribution >= 0.6 is 15.9 Å². The Morgan fingerprint density at radius 2 is 2.25 bits per heavy atom. The van der Waals surface area contributed by atoms with Crippen LogP contribution in [0.15, 0.2) is 22.9 Å². The van der Waals surface area contributed by atoms with Crippen molar-refractivity contribution in [3.8, 4) is 0 Å². The van der Waals surface area contributed by atoms with Crippen molar-refractivity contribution >= 4 is 21.6 Å². The fourth-order valence-electron chi connectivity index (χ4n) is 2.73. The second-order valence-electron chi connectivity index (χ2n) is 4.75. The standard InChI is InChI=1S/C13H19BrN2/c1-3-10-4-5-13(9(10)2)16-12-6-11(14)7-15-8-12/h6-10,13,16H,3-5H2,1-2H3.